The topological polar surface area (TPSA) is 49.4 Å². The van der Waals surface area contributed by atoms with E-state index in [9.17, 15) is 9.59 Å². The number of carbonyl (C=O) groups is 2. The first-order chi connectivity index (χ1) is 11.4. The highest BCUT2D eigenvalue weighted by Gasteiger charge is 2.11. The minimum Gasteiger partial charge on any atom is -0.349 e. The molecule has 1 N–H and O–H groups in total. The first-order valence-electron chi connectivity index (χ1n) is 7.42. The van der Waals surface area contributed by atoms with Crippen molar-refractivity contribution in [3.8, 4) is 0 Å². The lowest BCUT2D eigenvalue weighted by Crippen LogP contribution is -2.21. The van der Waals surface area contributed by atoms with E-state index < -0.39 is 0 Å². The number of amides is 2. The molecule has 2 amide bonds. The van der Waals surface area contributed by atoms with Gasteiger partial charge in [-0.3, -0.25) is 9.59 Å². The number of aryl methyl sites for hydroxylation is 1. The number of hydrogen-bond acceptors (Lipinski definition) is 2. The molecule has 0 bridgehead atoms. The number of carbonyl (C=O) groups excluding carboxylic acids is 2. The van der Waals surface area contributed by atoms with Crippen LogP contribution < -0.4 is 5.32 Å². The molecule has 6 heteroatoms. The Morgan fingerprint density at radius 1 is 1.04 bits per heavy atom. The van der Waals surface area contributed by atoms with Gasteiger partial charge in [-0.2, -0.15) is 0 Å². The third-order valence-electron chi connectivity index (χ3n) is 3.51. The number of anilines is 1. The average molecular weight is 365 g/mol. The van der Waals surface area contributed by atoms with Gasteiger partial charge in [0.15, 0.2) is 0 Å². The fourth-order valence-corrected chi connectivity index (χ4v) is 2.60. The van der Waals surface area contributed by atoms with E-state index in [0.29, 0.717) is 34.1 Å². The van der Waals surface area contributed by atoms with Gasteiger partial charge >= 0.3 is 0 Å². The molecule has 0 aliphatic rings. The van der Waals surface area contributed by atoms with Crippen molar-refractivity contribution in [1.29, 1.82) is 0 Å². The molecule has 2 aromatic rings. The van der Waals surface area contributed by atoms with E-state index in [4.69, 9.17) is 23.2 Å². The maximum atomic E-state index is 12.2. The van der Waals surface area contributed by atoms with E-state index >= 15 is 0 Å². The summed E-state index contributed by atoms with van der Waals surface area (Å²) < 4.78 is 0. The zero-order valence-corrected chi connectivity index (χ0v) is 15.0. The molecule has 4 nitrogen and oxygen atoms in total. The molecule has 0 fully saturated rings. The van der Waals surface area contributed by atoms with Crippen LogP contribution in [-0.4, -0.2) is 30.8 Å². The highest BCUT2D eigenvalue weighted by Crippen LogP contribution is 2.22. The highest BCUT2D eigenvalue weighted by atomic mass is 35.5. The van der Waals surface area contributed by atoms with Crippen molar-refractivity contribution >= 4 is 40.7 Å². The number of nitrogens with one attached hydrogen (secondary N) is 1. The lowest BCUT2D eigenvalue weighted by molar-refractivity contribution is -0.128. The van der Waals surface area contributed by atoms with Crippen LogP contribution in [0.3, 0.4) is 0 Å². The summed E-state index contributed by atoms with van der Waals surface area (Å²) in [5.41, 5.74) is 2.06. The molecule has 2 rings (SSSR count). The van der Waals surface area contributed by atoms with Gasteiger partial charge in [-0.25, -0.2) is 0 Å². The molecule has 2 aromatic carbocycles. The summed E-state index contributed by atoms with van der Waals surface area (Å²) in [7, 11) is 3.48. The normalized spacial score (nSPS) is 10.3. The minimum absolute atomic E-state index is 0.0877. The van der Waals surface area contributed by atoms with Gasteiger partial charge in [-0.15, -0.1) is 0 Å². The summed E-state index contributed by atoms with van der Waals surface area (Å²) in [6.07, 6.45) is 1.12. The third-order valence-corrected chi connectivity index (χ3v) is 4.06. The van der Waals surface area contributed by atoms with Crippen LogP contribution in [0.25, 0.3) is 0 Å². The summed E-state index contributed by atoms with van der Waals surface area (Å²) in [6.45, 7) is 0. The number of benzene rings is 2. The molecular formula is C18H18Cl2N2O2. The van der Waals surface area contributed by atoms with Crippen molar-refractivity contribution in [3.63, 3.8) is 0 Å². The minimum atomic E-state index is -0.299. The van der Waals surface area contributed by atoms with E-state index in [1.165, 1.54) is 6.07 Å². The van der Waals surface area contributed by atoms with Crippen LogP contribution in [-0.2, 0) is 11.2 Å². The molecule has 0 spiro atoms. The van der Waals surface area contributed by atoms with E-state index in [1.54, 1.807) is 43.3 Å². The average Bonchev–Trinajstić information content (AvgIpc) is 2.53. The Morgan fingerprint density at radius 3 is 2.29 bits per heavy atom. The Bertz CT molecular complexity index is 743. The van der Waals surface area contributed by atoms with Gasteiger partial charge in [0, 0.05) is 31.2 Å². The van der Waals surface area contributed by atoms with Gasteiger partial charge in [0.1, 0.15) is 0 Å². The van der Waals surface area contributed by atoms with E-state index in [0.717, 1.165) is 5.56 Å². The van der Waals surface area contributed by atoms with Crippen molar-refractivity contribution < 1.29 is 9.59 Å². The predicted molar refractivity (Wildman–Crippen MR) is 97.9 cm³/mol. The quantitative estimate of drug-likeness (QED) is 0.861. The van der Waals surface area contributed by atoms with Crippen molar-refractivity contribution in [3.05, 3.63) is 63.6 Å². The van der Waals surface area contributed by atoms with Gasteiger partial charge in [0.25, 0.3) is 5.91 Å². The van der Waals surface area contributed by atoms with Gasteiger partial charge in [0.2, 0.25) is 5.91 Å². The standard InChI is InChI=1S/C18H18Cl2N2O2/c1-22(2)17(23)10-5-12-3-7-14(8-4-12)21-18(24)15-9-6-13(19)11-16(15)20/h3-4,6-9,11H,5,10H2,1-2H3,(H,21,24). The molecule has 0 aliphatic heterocycles. The maximum absolute atomic E-state index is 12.2. The molecule has 126 valence electrons. The first-order valence-corrected chi connectivity index (χ1v) is 8.18. The molecular weight excluding hydrogens is 347 g/mol. The number of rotatable bonds is 5. The molecule has 24 heavy (non-hydrogen) atoms. The summed E-state index contributed by atoms with van der Waals surface area (Å²) in [5, 5.41) is 3.57. The molecule has 0 unspecified atom stereocenters. The fraction of sp³-hybridized carbons (Fsp3) is 0.222. The molecule has 0 saturated carbocycles. The van der Waals surface area contributed by atoms with Crippen molar-refractivity contribution in [1.82, 2.24) is 4.90 Å². The van der Waals surface area contributed by atoms with Crippen molar-refractivity contribution in [2.24, 2.45) is 0 Å². The molecule has 0 aliphatic carbocycles. The summed E-state index contributed by atoms with van der Waals surface area (Å²) in [4.78, 5) is 25.4. The van der Waals surface area contributed by atoms with Crippen LogP contribution in [0, 0.1) is 0 Å². The van der Waals surface area contributed by atoms with Crippen LogP contribution >= 0.6 is 23.2 Å². The van der Waals surface area contributed by atoms with E-state index in [2.05, 4.69) is 5.32 Å². The van der Waals surface area contributed by atoms with Crippen LogP contribution in [0.15, 0.2) is 42.5 Å². The lowest BCUT2D eigenvalue weighted by atomic mass is 10.1. The zero-order chi connectivity index (χ0) is 17.7. The Kier molecular flexibility index (Phi) is 6.23. The monoisotopic (exact) mass is 364 g/mol. The van der Waals surface area contributed by atoms with Crippen molar-refractivity contribution in [2.75, 3.05) is 19.4 Å². The van der Waals surface area contributed by atoms with E-state index in [-0.39, 0.29) is 11.8 Å². The van der Waals surface area contributed by atoms with Gasteiger partial charge in [0.05, 0.1) is 10.6 Å². The Labute approximate surface area is 151 Å². The fourth-order valence-electron chi connectivity index (χ4n) is 2.10. The summed E-state index contributed by atoms with van der Waals surface area (Å²) in [5.74, 6) is -0.211. The van der Waals surface area contributed by atoms with Crippen molar-refractivity contribution in [2.45, 2.75) is 12.8 Å². The number of nitrogens with zero attached hydrogens (tertiary/aromatic N) is 1. The SMILES string of the molecule is CN(C)C(=O)CCc1ccc(NC(=O)c2ccc(Cl)cc2Cl)cc1. The van der Waals surface area contributed by atoms with E-state index in [1.807, 2.05) is 12.1 Å². The second-order valence-corrected chi connectivity index (χ2v) is 6.41. The molecule has 0 aromatic heterocycles. The lowest BCUT2D eigenvalue weighted by Gasteiger charge is -2.10. The summed E-state index contributed by atoms with van der Waals surface area (Å²) in [6, 6.07) is 12.1. The van der Waals surface area contributed by atoms with Crippen LogP contribution in [0.4, 0.5) is 5.69 Å². The van der Waals surface area contributed by atoms with Crippen LogP contribution in [0.5, 0.6) is 0 Å². The Balaban J connectivity index is 1.98. The largest absolute Gasteiger partial charge is 0.349 e. The second kappa shape index (κ2) is 8.18. The molecule has 0 atom stereocenters. The predicted octanol–water partition coefficient (Wildman–Crippen LogP) is 4.27. The zero-order valence-electron chi connectivity index (χ0n) is 13.5. The number of halogens is 2. The maximum Gasteiger partial charge on any atom is 0.257 e. The van der Waals surface area contributed by atoms with Crippen LogP contribution in [0.1, 0.15) is 22.3 Å². The molecule has 0 heterocycles. The molecule has 0 radical (unpaired) electrons. The van der Waals surface area contributed by atoms with Gasteiger partial charge in [-0.1, -0.05) is 35.3 Å². The smallest absolute Gasteiger partial charge is 0.257 e. The number of hydrogen-bond donors (Lipinski definition) is 1. The molecule has 0 saturated heterocycles. The van der Waals surface area contributed by atoms with Crippen LogP contribution in [0.2, 0.25) is 10.0 Å². The second-order valence-electron chi connectivity index (χ2n) is 5.56. The first kappa shape index (κ1) is 18.3. The summed E-state index contributed by atoms with van der Waals surface area (Å²) >= 11 is 11.9. The Hall–Kier alpha value is -2.04. The van der Waals surface area contributed by atoms with Gasteiger partial charge < -0.3 is 10.2 Å². The third kappa shape index (κ3) is 4.98. The van der Waals surface area contributed by atoms with Gasteiger partial charge in [-0.05, 0) is 42.3 Å². The highest BCUT2D eigenvalue weighted by molar-refractivity contribution is 6.37. The Morgan fingerprint density at radius 2 is 1.71 bits per heavy atom.